The molecule has 1 aromatic rings. The molecule has 6 nitrogen and oxygen atoms in total. The Kier molecular flexibility index (Phi) is 6.45. The molecule has 0 aliphatic rings. The molecule has 1 atom stereocenters. The zero-order valence-corrected chi connectivity index (χ0v) is 10.2. The predicted molar refractivity (Wildman–Crippen MR) is 66.7 cm³/mol. The maximum absolute atomic E-state index is 11.5. The Balaban J connectivity index is 2.40. The first kappa shape index (κ1) is 15.0. The number of carbonyl (C=O) groups excluding carboxylic acids is 1. The Bertz CT molecular complexity index is 437. The van der Waals surface area contributed by atoms with E-state index >= 15 is 0 Å². The van der Waals surface area contributed by atoms with Crippen molar-refractivity contribution in [2.24, 2.45) is 0 Å². The fourth-order valence-corrected chi connectivity index (χ4v) is 1.40. The fourth-order valence-electron chi connectivity index (χ4n) is 1.40. The van der Waals surface area contributed by atoms with Crippen LogP contribution in [0.3, 0.4) is 0 Å². The van der Waals surface area contributed by atoms with Gasteiger partial charge in [0.2, 0.25) is 0 Å². The summed E-state index contributed by atoms with van der Waals surface area (Å²) in [6.07, 6.45) is -0.445. The first-order valence-corrected chi connectivity index (χ1v) is 5.73. The Morgan fingerprint density at radius 2 is 2.00 bits per heavy atom. The molecule has 0 aromatic heterocycles. The topological polar surface area (TPSA) is 92.7 Å². The van der Waals surface area contributed by atoms with E-state index < -0.39 is 18.0 Å². The molecule has 0 bridgehead atoms. The van der Waals surface area contributed by atoms with Crippen molar-refractivity contribution in [2.45, 2.75) is 19.1 Å². The second-order valence-corrected chi connectivity index (χ2v) is 3.82. The standard InChI is InChI=1S/C12H14BNO5/c15-11(6-10(12(16)17)14-8-13-18)19-7-9-4-2-1-3-5-9/h1-5,10,14H,6-8H2,(H,16,17)/t10-/m0/s1. The van der Waals surface area contributed by atoms with Crippen molar-refractivity contribution >= 4 is 19.1 Å². The molecule has 0 heterocycles. The quantitative estimate of drug-likeness (QED) is 0.513. The number of ether oxygens (including phenoxy) is 1. The van der Waals surface area contributed by atoms with E-state index in [2.05, 4.69) is 5.32 Å². The number of esters is 1. The van der Waals surface area contributed by atoms with E-state index in [1.807, 2.05) is 18.2 Å². The van der Waals surface area contributed by atoms with Gasteiger partial charge in [0.15, 0.2) is 0 Å². The summed E-state index contributed by atoms with van der Waals surface area (Å²) < 4.78 is 15.1. The molecule has 0 spiro atoms. The van der Waals surface area contributed by atoms with E-state index in [0.29, 0.717) is 7.15 Å². The first-order valence-electron chi connectivity index (χ1n) is 5.73. The molecule has 7 heteroatoms. The van der Waals surface area contributed by atoms with Gasteiger partial charge < -0.3 is 0 Å². The van der Waals surface area contributed by atoms with E-state index in [1.54, 1.807) is 12.1 Å². The van der Waals surface area contributed by atoms with Gasteiger partial charge in [-0.1, -0.05) is 0 Å². The first-order chi connectivity index (χ1) is 9.13. The Hall–Kier alpha value is -2.02. The third kappa shape index (κ3) is 5.92. The normalized spacial score (nSPS) is 11.4. The third-order valence-corrected chi connectivity index (χ3v) is 2.36. The van der Waals surface area contributed by atoms with Gasteiger partial charge in [-0.3, -0.25) is 0 Å². The molecule has 0 amide bonds. The number of carbonyl (C=O) groups is 2. The molecular weight excluding hydrogens is 249 g/mol. The van der Waals surface area contributed by atoms with Gasteiger partial charge in [0.25, 0.3) is 0 Å². The molecule has 2 N–H and O–H groups in total. The van der Waals surface area contributed by atoms with Crippen LogP contribution in [0.2, 0.25) is 0 Å². The molecule has 0 aliphatic heterocycles. The molecular formula is C12H14BNO5. The van der Waals surface area contributed by atoms with Gasteiger partial charge >= 0.3 is 110 Å². The van der Waals surface area contributed by atoms with Crippen LogP contribution in [0, 0.1) is 0 Å². The van der Waals surface area contributed by atoms with Gasteiger partial charge in [-0.05, 0) is 0 Å². The number of hydrogen-bond donors (Lipinski definition) is 2. The summed E-state index contributed by atoms with van der Waals surface area (Å²) in [7, 11) is 0.533. The van der Waals surface area contributed by atoms with Gasteiger partial charge in [-0.25, -0.2) is 0 Å². The number of carboxylic acids is 1. The van der Waals surface area contributed by atoms with Crippen molar-refractivity contribution in [3.05, 3.63) is 35.9 Å². The SMILES string of the molecule is O=BCN[C@@H](CC(=O)OCc1ccccc1)C(=O)O. The van der Waals surface area contributed by atoms with Crippen molar-refractivity contribution in [1.29, 1.82) is 0 Å². The molecule has 0 aliphatic carbocycles. The Morgan fingerprint density at radius 1 is 1.32 bits per heavy atom. The van der Waals surface area contributed by atoms with E-state index in [9.17, 15) is 14.3 Å². The van der Waals surface area contributed by atoms with Gasteiger partial charge in [0, 0.05) is 0 Å². The number of carboxylic acid groups (broad SMARTS) is 1. The van der Waals surface area contributed by atoms with E-state index in [-0.39, 0.29) is 19.5 Å². The minimum atomic E-state index is -1.20. The number of rotatable bonds is 8. The third-order valence-electron chi connectivity index (χ3n) is 2.36. The monoisotopic (exact) mass is 263 g/mol. The molecule has 0 saturated carbocycles. The average Bonchev–Trinajstić information content (AvgIpc) is 2.42. The summed E-state index contributed by atoms with van der Waals surface area (Å²) in [6.45, 7) is 0.0969. The van der Waals surface area contributed by atoms with Crippen LogP contribution >= 0.6 is 0 Å². The van der Waals surface area contributed by atoms with Crippen molar-refractivity contribution < 1.29 is 24.1 Å². The van der Waals surface area contributed by atoms with Gasteiger partial charge in [0.05, 0.1) is 0 Å². The van der Waals surface area contributed by atoms with Gasteiger partial charge in [-0.15, -0.1) is 0 Å². The van der Waals surface area contributed by atoms with Crippen LogP contribution in [0.1, 0.15) is 12.0 Å². The number of nitrogens with one attached hydrogen (secondary N) is 1. The average molecular weight is 263 g/mol. The summed E-state index contributed by atoms with van der Waals surface area (Å²) >= 11 is 0. The van der Waals surface area contributed by atoms with E-state index in [0.717, 1.165) is 5.56 Å². The molecule has 0 radical (unpaired) electrons. The van der Waals surface area contributed by atoms with Crippen LogP contribution in [-0.2, 0) is 25.6 Å². The van der Waals surface area contributed by atoms with E-state index in [4.69, 9.17) is 9.84 Å². The molecule has 0 unspecified atom stereocenters. The van der Waals surface area contributed by atoms with Crippen LogP contribution in [0.15, 0.2) is 30.3 Å². The molecule has 19 heavy (non-hydrogen) atoms. The minimum absolute atomic E-state index is 0.0969. The summed E-state index contributed by atoms with van der Waals surface area (Å²) in [5.41, 5.74) is 0.823. The fraction of sp³-hybridized carbons (Fsp3) is 0.333. The molecule has 1 rings (SSSR count). The van der Waals surface area contributed by atoms with Crippen LogP contribution < -0.4 is 5.32 Å². The Labute approximate surface area is 111 Å². The number of benzene rings is 1. The second kappa shape index (κ2) is 8.15. The van der Waals surface area contributed by atoms with Crippen LogP contribution in [-0.4, -0.2) is 36.7 Å². The van der Waals surface area contributed by atoms with Crippen molar-refractivity contribution in [3.63, 3.8) is 0 Å². The molecule has 1 aromatic carbocycles. The molecule has 100 valence electrons. The van der Waals surface area contributed by atoms with Crippen molar-refractivity contribution in [1.82, 2.24) is 5.32 Å². The van der Waals surface area contributed by atoms with Gasteiger partial charge in [-0.2, -0.15) is 0 Å². The van der Waals surface area contributed by atoms with Crippen LogP contribution in [0.5, 0.6) is 0 Å². The van der Waals surface area contributed by atoms with Crippen molar-refractivity contribution in [2.75, 3.05) is 6.44 Å². The van der Waals surface area contributed by atoms with Gasteiger partial charge in [0.1, 0.15) is 0 Å². The predicted octanol–water partition coefficient (Wildman–Crippen LogP) is 0.170. The zero-order valence-electron chi connectivity index (χ0n) is 10.2. The summed E-state index contributed by atoms with van der Waals surface area (Å²) in [4.78, 5) is 22.3. The Morgan fingerprint density at radius 3 is 2.58 bits per heavy atom. The summed E-state index contributed by atoms with van der Waals surface area (Å²) in [5.74, 6) is -1.83. The zero-order chi connectivity index (χ0) is 14.1. The number of hydrogen-bond acceptors (Lipinski definition) is 5. The molecule has 0 saturated heterocycles. The summed E-state index contributed by atoms with van der Waals surface area (Å²) in [5, 5.41) is 11.3. The maximum atomic E-state index is 11.5. The van der Waals surface area contributed by atoms with Crippen LogP contribution in [0.25, 0.3) is 0 Å². The number of aliphatic carboxylic acids is 1. The van der Waals surface area contributed by atoms with E-state index in [1.165, 1.54) is 0 Å². The van der Waals surface area contributed by atoms with Crippen LogP contribution in [0.4, 0.5) is 0 Å². The van der Waals surface area contributed by atoms with Crippen molar-refractivity contribution in [3.8, 4) is 0 Å². The molecule has 0 fully saturated rings. The summed E-state index contributed by atoms with van der Waals surface area (Å²) in [6, 6.07) is 7.95. The second-order valence-electron chi connectivity index (χ2n) is 3.82.